The summed E-state index contributed by atoms with van der Waals surface area (Å²) in [5, 5.41) is 17.5. The van der Waals surface area contributed by atoms with Crippen molar-refractivity contribution in [2.24, 2.45) is 0 Å². The molecule has 0 radical (unpaired) electrons. The van der Waals surface area contributed by atoms with E-state index in [1.54, 1.807) is 55.7 Å². The summed E-state index contributed by atoms with van der Waals surface area (Å²) in [5.74, 6) is -0.329. The Morgan fingerprint density at radius 3 is 2.52 bits per heavy atom. The molecule has 2 aromatic carbocycles. The van der Waals surface area contributed by atoms with Crippen molar-refractivity contribution < 1.29 is 9.18 Å². The van der Waals surface area contributed by atoms with Crippen LogP contribution in [-0.2, 0) is 4.87 Å². The monoisotopic (exact) mass is 382 g/mol. The number of allylic oxidation sites excluding steroid dienone is 2. The second kappa shape index (κ2) is 7.52. The minimum atomic E-state index is -1.05. The maximum atomic E-state index is 13.3. The minimum Gasteiger partial charge on any atom is -0.367 e. The number of hydrogen-bond donors (Lipinski definition) is 3. The van der Waals surface area contributed by atoms with E-state index < -0.39 is 10.9 Å². The molecule has 0 aromatic heterocycles. The number of anilines is 2. The molecule has 3 rings (SSSR count). The van der Waals surface area contributed by atoms with E-state index in [4.69, 9.17) is 11.6 Å². The highest BCUT2D eigenvalue weighted by Crippen LogP contribution is 2.39. The van der Waals surface area contributed by atoms with Crippen molar-refractivity contribution in [2.45, 2.75) is 11.8 Å². The Bertz CT molecular complexity index is 978. The molecule has 0 bridgehead atoms. The first-order valence-electron chi connectivity index (χ1n) is 8.10. The Morgan fingerprint density at radius 2 is 1.85 bits per heavy atom. The molecule has 1 atom stereocenters. The van der Waals surface area contributed by atoms with Gasteiger partial charge in [-0.3, -0.25) is 0 Å². The lowest BCUT2D eigenvalue weighted by Crippen LogP contribution is -2.24. The number of aryl methyl sites for hydroxylation is 1. The Morgan fingerprint density at radius 1 is 1.19 bits per heavy atom. The largest absolute Gasteiger partial charge is 0.367 e. The molecule has 5 nitrogen and oxygen atoms in total. The third-order valence-electron chi connectivity index (χ3n) is 4.13. The third-order valence-corrected chi connectivity index (χ3v) is 4.68. The standard InChI is InChI=1S/C20H16ClFN4O/c1-13-10-17(6-7-18(13)22)26-19(27)25-16-4-2-14(3-5-16)20(21)8-9-24-12-15(20)11-23/h2-10,12,24H,1H3,(H2,25,26,27). The van der Waals surface area contributed by atoms with Crippen molar-refractivity contribution >= 4 is 29.0 Å². The summed E-state index contributed by atoms with van der Waals surface area (Å²) in [5.41, 5.74) is 2.56. The molecule has 3 N–H and O–H groups in total. The molecule has 2 aromatic rings. The van der Waals surface area contributed by atoms with E-state index in [9.17, 15) is 14.4 Å². The maximum absolute atomic E-state index is 13.3. The fourth-order valence-corrected chi connectivity index (χ4v) is 2.95. The van der Waals surface area contributed by atoms with Crippen LogP contribution < -0.4 is 16.0 Å². The molecule has 1 unspecified atom stereocenters. The van der Waals surface area contributed by atoms with Crippen LogP contribution in [-0.4, -0.2) is 6.03 Å². The van der Waals surface area contributed by atoms with Gasteiger partial charge in [-0.2, -0.15) is 5.26 Å². The Balaban J connectivity index is 1.70. The molecule has 27 heavy (non-hydrogen) atoms. The van der Waals surface area contributed by atoms with Gasteiger partial charge in [0.2, 0.25) is 0 Å². The fourth-order valence-electron chi connectivity index (χ4n) is 2.67. The van der Waals surface area contributed by atoms with E-state index in [0.717, 1.165) is 0 Å². The third kappa shape index (κ3) is 3.94. The molecule has 1 heterocycles. The van der Waals surface area contributed by atoms with Crippen molar-refractivity contribution in [3.8, 4) is 6.07 Å². The number of amides is 2. The number of alkyl halides is 1. The zero-order chi connectivity index (χ0) is 19.4. The lowest BCUT2D eigenvalue weighted by Gasteiger charge is -2.26. The summed E-state index contributed by atoms with van der Waals surface area (Å²) >= 11 is 6.61. The molecule has 0 spiro atoms. The zero-order valence-electron chi connectivity index (χ0n) is 14.4. The number of nitrogens with one attached hydrogen (secondary N) is 3. The molecular weight excluding hydrogens is 367 g/mol. The first-order valence-corrected chi connectivity index (χ1v) is 8.48. The first-order chi connectivity index (χ1) is 12.9. The summed E-state index contributed by atoms with van der Waals surface area (Å²) in [4.78, 5) is 11.1. The van der Waals surface area contributed by atoms with Crippen LogP contribution in [0.4, 0.5) is 20.6 Å². The number of dihydropyridines is 1. The molecule has 0 aliphatic carbocycles. The SMILES string of the molecule is Cc1cc(NC(=O)Nc2ccc(C3(Cl)C=CNC=C3C#N)cc2)ccc1F. The van der Waals surface area contributed by atoms with Crippen LogP contribution in [0.3, 0.4) is 0 Å². The predicted octanol–water partition coefficient (Wildman–Crippen LogP) is 4.74. The Kier molecular flexibility index (Phi) is 5.15. The summed E-state index contributed by atoms with van der Waals surface area (Å²) in [6, 6.07) is 12.8. The summed E-state index contributed by atoms with van der Waals surface area (Å²) < 4.78 is 13.3. The van der Waals surface area contributed by atoms with Crippen molar-refractivity contribution in [3.05, 3.63) is 83.5 Å². The van der Waals surface area contributed by atoms with Gasteiger partial charge >= 0.3 is 6.03 Å². The molecule has 136 valence electrons. The topological polar surface area (TPSA) is 77.0 Å². The molecule has 1 aliphatic rings. The van der Waals surface area contributed by atoms with Gasteiger partial charge in [0.15, 0.2) is 0 Å². The fraction of sp³-hybridized carbons (Fsp3) is 0.100. The van der Waals surface area contributed by atoms with Crippen molar-refractivity contribution in [1.82, 2.24) is 5.32 Å². The average Bonchev–Trinajstić information content (AvgIpc) is 2.65. The van der Waals surface area contributed by atoms with Gasteiger partial charge in [0.1, 0.15) is 10.7 Å². The number of benzene rings is 2. The normalized spacial score (nSPS) is 18.1. The Hall–Kier alpha value is -3.30. The number of rotatable bonds is 3. The number of nitriles is 1. The van der Waals surface area contributed by atoms with Crippen LogP contribution in [0.2, 0.25) is 0 Å². The van der Waals surface area contributed by atoms with Crippen molar-refractivity contribution in [1.29, 1.82) is 5.26 Å². The number of carbonyl (C=O) groups is 1. The highest BCUT2D eigenvalue weighted by atomic mass is 35.5. The number of halogens is 2. The maximum Gasteiger partial charge on any atom is 0.323 e. The molecular formula is C20H16ClFN4O. The molecule has 0 saturated carbocycles. The highest BCUT2D eigenvalue weighted by molar-refractivity contribution is 6.28. The van der Waals surface area contributed by atoms with E-state index in [1.165, 1.54) is 12.1 Å². The van der Waals surface area contributed by atoms with Crippen LogP contribution >= 0.6 is 11.6 Å². The van der Waals surface area contributed by atoms with Crippen LogP contribution in [0.5, 0.6) is 0 Å². The van der Waals surface area contributed by atoms with Gasteiger partial charge in [-0.15, -0.1) is 11.6 Å². The van der Waals surface area contributed by atoms with Crippen molar-refractivity contribution in [2.75, 3.05) is 10.6 Å². The molecule has 2 amide bonds. The molecule has 7 heteroatoms. The number of carbonyl (C=O) groups excluding carboxylic acids is 1. The summed E-state index contributed by atoms with van der Waals surface area (Å²) in [6.45, 7) is 1.62. The minimum absolute atomic E-state index is 0.329. The van der Waals surface area contributed by atoms with Crippen LogP contribution in [0.15, 0.2) is 66.5 Å². The van der Waals surface area contributed by atoms with Gasteiger partial charge in [0.05, 0.1) is 11.6 Å². The van der Waals surface area contributed by atoms with Gasteiger partial charge in [-0.25, -0.2) is 9.18 Å². The second-order valence-electron chi connectivity index (χ2n) is 6.00. The van der Waals surface area contributed by atoms with Gasteiger partial charge in [0, 0.05) is 17.6 Å². The predicted molar refractivity (Wildman–Crippen MR) is 104 cm³/mol. The lowest BCUT2D eigenvalue weighted by atomic mass is 9.90. The van der Waals surface area contributed by atoms with Gasteiger partial charge in [0.25, 0.3) is 0 Å². The van der Waals surface area contributed by atoms with Crippen LogP contribution in [0.25, 0.3) is 0 Å². The quantitative estimate of drug-likeness (QED) is 0.671. The number of hydrogen-bond acceptors (Lipinski definition) is 3. The van der Waals surface area contributed by atoms with Gasteiger partial charge in [-0.1, -0.05) is 12.1 Å². The van der Waals surface area contributed by atoms with Crippen LogP contribution in [0, 0.1) is 24.1 Å². The zero-order valence-corrected chi connectivity index (χ0v) is 15.1. The van der Waals surface area contributed by atoms with Crippen molar-refractivity contribution in [3.63, 3.8) is 0 Å². The smallest absolute Gasteiger partial charge is 0.323 e. The van der Waals surface area contributed by atoms with Crippen LogP contribution in [0.1, 0.15) is 11.1 Å². The first kappa shape index (κ1) is 18.5. The second-order valence-corrected chi connectivity index (χ2v) is 6.60. The average molecular weight is 383 g/mol. The van der Waals surface area contributed by atoms with E-state index in [2.05, 4.69) is 22.0 Å². The van der Waals surface area contributed by atoms with E-state index in [0.29, 0.717) is 28.1 Å². The molecule has 0 fully saturated rings. The summed E-state index contributed by atoms with van der Waals surface area (Å²) in [6.07, 6.45) is 4.91. The van der Waals surface area contributed by atoms with Gasteiger partial charge < -0.3 is 16.0 Å². The lowest BCUT2D eigenvalue weighted by molar-refractivity contribution is 0.262. The van der Waals surface area contributed by atoms with E-state index in [-0.39, 0.29) is 5.82 Å². The summed E-state index contributed by atoms with van der Waals surface area (Å²) in [7, 11) is 0. The Labute approximate surface area is 161 Å². The molecule has 1 aliphatic heterocycles. The van der Waals surface area contributed by atoms with Gasteiger partial charge in [-0.05, 0) is 60.7 Å². The van der Waals surface area contributed by atoms with E-state index >= 15 is 0 Å². The van der Waals surface area contributed by atoms with E-state index in [1.807, 2.05) is 0 Å². The highest BCUT2D eigenvalue weighted by Gasteiger charge is 2.33. The number of urea groups is 1. The molecule has 0 saturated heterocycles. The number of nitrogens with zero attached hydrogens (tertiary/aromatic N) is 1.